The number of benzene rings is 1. The van der Waals surface area contributed by atoms with Crippen LogP contribution < -0.4 is 10.1 Å². The number of aryl methyl sites for hydroxylation is 1. The number of hydrogen-bond donors (Lipinski definition) is 1. The fraction of sp³-hybridized carbons (Fsp3) is 0.588. The molecular formula is C17H25NO3. The summed E-state index contributed by atoms with van der Waals surface area (Å²) in [6.07, 6.45) is 3.76. The minimum atomic E-state index is 0.0937. The van der Waals surface area contributed by atoms with Gasteiger partial charge in [0.2, 0.25) is 5.91 Å². The molecule has 0 saturated carbocycles. The number of ether oxygens (including phenoxy) is 2. The predicted octanol–water partition coefficient (Wildman–Crippen LogP) is 2.97. The van der Waals surface area contributed by atoms with E-state index >= 15 is 0 Å². The molecule has 1 aromatic rings. The van der Waals surface area contributed by atoms with Gasteiger partial charge in [-0.25, -0.2) is 0 Å². The first-order valence-electron chi connectivity index (χ1n) is 7.79. The van der Waals surface area contributed by atoms with E-state index < -0.39 is 0 Å². The van der Waals surface area contributed by atoms with Crippen LogP contribution >= 0.6 is 0 Å². The monoisotopic (exact) mass is 291 g/mol. The molecule has 4 nitrogen and oxygen atoms in total. The first kappa shape index (κ1) is 15.8. The third-order valence-electron chi connectivity index (χ3n) is 3.75. The SMILES string of the molecule is CCCOc1ccc(CNC(=O)CCC2CCO2)c(C)c1. The van der Waals surface area contributed by atoms with Gasteiger partial charge in [0.05, 0.1) is 12.7 Å². The van der Waals surface area contributed by atoms with Crippen LogP contribution in [0, 0.1) is 6.92 Å². The summed E-state index contributed by atoms with van der Waals surface area (Å²) in [4.78, 5) is 11.8. The average Bonchev–Trinajstić information content (AvgIpc) is 2.42. The third-order valence-corrected chi connectivity index (χ3v) is 3.75. The van der Waals surface area contributed by atoms with E-state index in [0.717, 1.165) is 49.4 Å². The van der Waals surface area contributed by atoms with E-state index in [0.29, 0.717) is 19.1 Å². The second kappa shape index (κ2) is 8.03. The summed E-state index contributed by atoms with van der Waals surface area (Å²) in [5.74, 6) is 0.989. The maximum Gasteiger partial charge on any atom is 0.220 e. The second-order valence-electron chi connectivity index (χ2n) is 5.53. The first-order chi connectivity index (χ1) is 10.2. The number of rotatable bonds is 8. The molecular weight excluding hydrogens is 266 g/mol. The Morgan fingerprint density at radius 3 is 2.90 bits per heavy atom. The van der Waals surface area contributed by atoms with Gasteiger partial charge < -0.3 is 14.8 Å². The maximum absolute atomic E-state index is 11.8. The Labute approximate surface area is 126 Å². The van der Waals surface area contributed by atoms with Crippen molar-refractivity contribution in [3.05, 3.63) is 29.3 Å². The van der Waals surface area contributed by atoms with Crippen molar-refractivity contribution in [3.63, 3.8) is 0 Å². The van der Waals surface area contributed by atoms with Crippen LogP contribution in [-0.4, -0.2) is 25.2 Å². The molecule has 1 aromatic carbocycles. The number of nitrogens with one attached hydrogen (secondary N) is 1. The molecule has 1 fully saturated rings. The second-order valence-corrected chi connectivity index (χ2v) is 5.53. The van der Waals surface area contributed by atoms with E-state index in [2.05, 4.69) is 12.2 Å². The van der Waals surface area contributed by atoms with Gasteiger partial charge in [0.1, 0.15) is 5.75 Å². The molecule has 116 valence electrons. The van der Waals surface area contributed by atoms with E-state index in [4.69, 9.17) is 9.47 Å². The Morgan fingerprint density at radius 2 is 2.29 bits per heavy atom. The molecule has 1 aliphatic rings. The Balaban J connectivity index is 1.75. The minimum Gasteiger partial charge on any atom is -0.494 e. The van der Waals surface area contributed by atoms with E-state index in [1.54, 1.807) is 0 Å². The van der Waals surface area contributed by atoms with Crippen molar-refractivity contribution < 1.29 is 14.3 Å². The number of carbonyl (C=O) groups excluding carboxylic acids is 1. The van der Waals surface area contributed by atoms with Gasteiger partial charge in [-0.1, -0.05) is 13.0 Å². The largest absolute Gasteiger partial charge is 0.494 e. The number of amides is 1. The van der Waals surface area contributed by atoms with Crippen molar-refractivity contribution in [1.82, 2.24) is 5.32 Å². The van der Waals surface area contributed by atoms with Gasteiger partial charge in [0.15, 0.2) is 0 Å². The molecule has 0 bridgehead atoms. The summed E-state index contributed by atoms with van der Waals surface area (Å²) < 4.78 is 10.9. The van der Waals surface area contributed by atoms with E-state index in [-0.39, 0.29) is 5.91 Å². The molecule has 0 aliphatic carbocycles. The third kappa shape index (κ3) is 5.05. The van der Waals surface area contributed by atoms with E-state index in [1.165, 1.54) is 0 Å². The van der Waals surface area contributed by atoms with Gasteiger partial charge in [-0.3, -0.25) is 4.79 Å². The summed E-state index contributed by atoms with van der Waals surface area (Å²) in [5, 5.41) is 2.97. The van der Waals surface area contributed by atoms with Gasteiger partial charge >= 0.3 is 0 Å². The molecule has 1 N–H and O–H groups in total. The standard InChI is InChI=1S/C17H25NO3/c1-3-9-20-16-5-4-14(13(2)11-16)12-18-17(19)7-6-15-8-10-21-15/h4-5,11,15H,3,6-10,12H2,1-2H3,(H,18,19). The molecule has 2 rings (SSSR count). The lowest BCUT2D eigenvalue weighted by Crippen LogP contribution is -2.30. The highest BCUT2D eigenvalue weighted by atomic mass is 16.5. The van der Waals surface area contributed by atoms with Crippen LogP contribution in [0.3, 0.4) is 0 Å². The van der Waals surface area contributed by atoms with Gasteiger partial charge in [-0.05, 0) is 49.4 Å². The average molecular weight is 291 g/mol. The van der Waals surface area contributed by atoms with Crippen LogP contribution in [0.15, 0.2) is 18.2 Å². The molecule has 4 heteroatoms. The Morgan fingerprint density at radius 1 is 1.48 bits per heavy atom. The topological polar surface area (TPSA) is 47.6 Å². The fourth-order valence-corrected chi connectivity index (χ4v) is 2.26. The molecule has 1 aliphatic heterocycles. The lowest BCUT2D eigenvalue weighted by atomic mass is 10.1. The smallest absolute Gasteiger partial charge is 0.220 e. The quantitative estimate of drug-likeness (QED) is 0.801. The minimum absolute atomic E-state index is 0.0937. The van der Waals surface area contributed by atoms with Crippen molar-refractivity contribution in [2.75, 3.05) is 13.2 Å². The molecule has 1 unspecified atom stereocenters. The molecule has 1 saturated heterocycles. The Hall–Kier alpha value is -1.55. The summed E-state index contributed by atoms with van der Waals surface area (Å²) in [7, 11) is 0. The lowest BCUT2D eigenvalue weighted by Gasteiger charge is -2.25. The zero-order valence-corrected chi connectivity index (χ0v) is 13.0. The fourth-order valence-electron chi connectivity index (χ4n) is 2.26. The van der Waals surface area contributed by atoms with Crippen LogP contribution in [0.25, 0.3) is 0 Å². The predicted molar refractivity (Wildman–Crippen MR) is 82.4 cm³/mol. The number of hydrogen-bond acceptors (Lipinski definition) is 3. The molecule has 1 heterocycles. The van der Waals surface area contributed by atoms with Crippen molar-refractivity contribution in [3.8, 4) is 5.75 Å². The highest BCUT2D eigenvalue weighted by Crippen LogP contribution is 2.18. The zero-order valence-electron chi connectivity index (χ0n) is 13.0. The molecule has 1 atom stereocenters. The van der Waals surface area contributed by atoms with E-state index in [9.17, 15) is 4.79 Å². The molecule has 1 amide bonds. The van der Waals surface area contributed by atoms with Crippen molar-refractivity contribution in [2.45, 2.75) is 52.2 Å². The van der Waals surface area contributed by atoms with Crippen molar-refractivity contribution in [1.29, 1.82) is 0 Å². The van der Waals surface area contributed by atoms with Gasteiger partial charge in [-0.2, -0.15) is 0 Å². The number of carbonyl (C=O) groups is 1. The molecule has 21 heavy (non-hydrogen) atoms. The Bertz CT molecular complexity index is 469. The van der Waals surface area contributed by atoms with Crippen molar-refractivity contribution in [2.24, 2.45) is 0 Å². The van der Waals surface area contributed by atoms with Crippen LogP contribution in [0.5, 0.6) is 5.75 Å². The zero-order chi connectivity index (χ0) is 15.1. The molecule has 0 aromatic heterocycles. The van der Waals surface area contributed by atoms with Crippen LogP contribution in [0.2, 0.25) is 0 Å². The lowest BCUT2D eigenvalue weighted by molar-refractivity contribution is -0.123. The summed E-state index contributed by atoms with van der Waals surface area (Å²) in [5.41, 5.74) is 2.28. The normalized spacial score (nSPS) is 17.1. The Kier molecular flexibility index (Phi) is 6.05. The maximum atomic E-state index is 11.8. The van der Waals surface area contributed by atoms with Crippen LogP contribution in [0.1, 0.15) is 43.7 Å². The molecule has 0 spiro atoms. The van der Waals surface area contributed by atoms with Crippen molar-refractivity contribution >= 4 is 5.91 Å². The highest BCUT2D eigenvalue weighted by Gasteiger charge is 2.18. The first-order valence-corrected chi connectivity index (χ1v) is 7.79. The van der Waals surface area contributed by atoms with Gasteiger partial charge in [-0.15, -0.1) is 0 Å². The van der Waals surface area contributed by atoms with Crippen LogP contribution in [-0.2, 0) is 16.1 Å². The van der Waals surface area contributed by atoms with Gasteiger partial charge in [0.25, 0.3) is 0 Å². The summed E-state index contributed by atoms with van der Waals surface area (Å²) in [6, 6.07) is 6.02. The summed E-state index contributed by atoms with van der Waals surface area (Å²) in [6.45, 7) is 6.29. The summed E-state index contributed by atoms with van der Waals surface area (Å²) >= 11 is 0. The molecule has 0 radical (unpaired) electrons. The van der Waals surface area contributed by atoms with E-state index in [1.807, 2.05) is 25.1 Å². The highest BCUT2D eigenvalue weighted by molar-refractivity contribution is 5.75. The van der Waals surface area contributed by atoms with Gasteiger partial charge in [0, 0.05) is 19.6 Å². The van der Waals surface area contributed by atoms with Crippen LogP contribution in [0.4, 0.5) is 0 Å².